The number of carbonyl (C=O) groups excluding carboxylic acids is 1. The van der Waals surface area contributed by atoms with Gasteiger partial charge < -0.3 is 9.42 Å². The van der Waals surface area contributed by atoms with Crippen LogP contribution in [0.1, 0.15) is 37.0 Å². The Morgan fingerprint density at radius 1 is 1.36 bits per heavy atom. The third kappa shape index (κ3) is 3.62. The van der Waals surface area contributed by atoms with Gasteiger partial charge in [-0.3, -0.25) is 4.79 Å². The Morgan fingerprint density at radius 2 is 2.11 bits per heavy atom. The van der Waals surface area contributed by atoms with Gasteiger partial charge in [0.25, 0.3) is 0 Å². The molecule has 0 bridgehead atoms. The summed E-state index contributed by atoms with van der Waals surface area (Å²) in [6.45, 7) is 2.81. The standard InChI is InChI=1S/C19H25N3O4S2/c1-13-18(10-17(27-13)16-7-8-20-26-16)28(24,25)21(2)11-14-9-19(23)22(12-14)15-5-3-4-6-15/h7-8,10,14-15H,3-6,9,11-12H2,1-2H3. The van der Waals surface area contributed by atoms with Gasteiger partial charge in [-0.1, -0.05) is 18.0 Å². The summed E-state index contributed by atoms with van der Waals surface area (Å²) in [6, 6.07) is 3.72. The number of likely N-dealkylation sites (tertiary alicyclic amines) is 1. The fourth-order valence-corrected chi connectivity index (χ4v) is 7.08. The molecule has 2 fully saturated rings. The molecule has 0 spiro atoms. The number of sulfonamides is 1. The van der Waals surface area contributed by atoms with Crippen LogP contribution in [0.3, 0.4) is 0 Å². The van der Waals surface area contributed by atoms with Gasteiger partial charge in [-0.05, 0) is 31.7 Å². The maximum atomic E-state index is 13.1. The molecule has 152 valence electrons. The molecule has 1 aliphatic heterocycles. The van der Waals surface area contributed by atoms with E-state index in [-0.39, 0.29) is 11.8 Å². The Morgan fingerprint density at radius 3 is 2.79 bits per heavy atom. The van der Waals surface area contributed by atoms with Crippen molar-refractivity contribution < 1.29 is 17.7 Å². The lowest BCUT2D eigenvalue weighted by molar-refractivity contribution is -0.129. The molecule has 0 aromatic carbocycles. The van der Waals surface area contributed by atoms with Gasteiger partial charge >= 0.3 is 0 Å². The van der Waals surface area contributed by atoms with Gasteiger partial charge in [-0.2, -0.15) is 0 Å². The Kier molecular flexibility index (Phi) is 5.32. The Balaban J connectivity index is 1.47. The number of thiophene rings is 1. The lowest BCUT2D eigenvalue weighted by atomic mass is 10.1. The second-order valence-electron chi connectivity index (χ2n) is 7.75. The zero-order valence-electron chi connectivity index (χ0n) is 16.1. The van der Waals surface area contributed by atoms with Crippen LogP contribution >= 0.6 is 11.3 Å². The van der Waals surface area contributed by atoms with Crippen molar-refractivity contribution >= 4 is 27.3 Å². The highest BCUT2D eigenvalue weighted by atomic mass is 32.2. The first-order valence-electron chi connectivity index (χ1n) is 9.63. The van der Waals surface area contributed by atoms with Gasteiger partial charge in [0, 0.05) is 43.5 Å². The molecule has 2 aromatic heterocycles. The van der Waals surface area contributed by atoms with Gasteiger partial charge in [0.15, 0.2) is 5.76 Å². The number of rotatable bonds is 6. The van der Waals surface area contributed by atoms with Crippen molar-refractivity contribution in [2.45, 2.75) is 50.0 Å². The summed E-state index contributed by atoms with van der Waals surface area (Å²) in [6.07, 6.45) is 6.48. The minimum atomic E-state index is -3.63. The molecule has 0 radical (unpaired) electrons. The molecule has 0 N–H and O–H groups in total. The fraction of sp³-hybridized carbons (Fsp3) is 0.579. The molecular formula is C19H25N3O4S2. The summed E-state index contributed by atoms with van der Waals surface area (Å²) in [5.74, 6) is 0.772. The van der Waals surface area contributed by atoms with E-state index in [1.807, 2.05) is 4.90 Å². The van der Waals surface area contributed by atoms with Crippen LogP contribution in [0.2, 0.25) is 0 Å². The molecule has 9 heteroatoms. The van der Waals surface area contributed by atoms with Gasteiger partial charge in [-0.25, -0.2) is 12.7 Å². The predicted molar refractivity (Wildman–Crippen MR) is 106 cm³/mol. The molecule has 1 atom stereocenters. The maximum Gasteiger partial charge on any atom is 0.243 e. The number of aryl methyl sites for hydroxylation is 1. The van der Waals surface area contributed by atoms with Gasteiger partial charge in [0.2, 0.25) is 15.9 Å². The highest BCUT2D eigenvalue weighted by Gasteiger charge is 2.37. The molecule has 4 rings (SSSR count). The lowest BCUT2D eigenvalue weighted by Gasteiger charge is -2.25. The molecule has 1 aliphatic carbocycles. The van der Waals surface area contributed by atoms with Crippen LogP contribution in [0, 0.1) is 12.8 Å². The molecule has 1 saturated heterocycles. The maximum absolute atomic E-state index is 13.1. The lowest BCUT2D eigenvalue weighted by Crippen LogP contribution is -2.36. The molecule has 1 unspecified atom stereocenters. The third-order valence-corrected chi connectivity index (χ3v) is 8.90. The summed E-state index contributed by atoms with van der Waals surface area (Å²) >= 11 is 1.37. The van der Waals surface area contributed by atoms with Crippen LogP contribution in [-0.2, 0) is 14.8 Å². The molecular weight excluding hydrogens is 398 g/mol. The Labute approximate surface area is 169 Å². The number of aromatic nitrogens is 1. The van der Waals surface area contributed by atoms with Crippen molar-refractivity contribution in [3.05, 3.63) is 23.2 Å². The summed E-state index contributed by atoms with van der Waals surface area (Å²) < 4.78 is 32.8. The minimum Gasteiger partial charge on any atom is -0.355 e. The average Bonchev–Trinajstić information content (AvgIpc) is 3.42. The SMILES string of the molecule is Cc1sc(-c2ccno2)cc1S(=O)(=O)N(C)CC1CC(=O)N(C2CCCC2)C1. The Bertz CT molecular complexity index is 946. The van der Waals surface area contributed by atoms with Crippen molar-refractivity contribution in [1.29, 1.82) is 0 Å². The molecule has 2 aromatic rings. The number of hydrogen-bond donors (Lipinski definition) is 0. The average molecular weight is 424 g/mol. The van der Waals surface area contributed by atoms with Crippen LogP contribution in [-0.4, -0.2) is 54.9 Å². The Hall–Kier alpha value is -1.71. The van der Waals surface area contributed by atoms with E-state index in [0.717, 1.165) is 17.7 Å². The van der Waals surface area contributed by atoms with Crippen molar-refractivity contribution in [2.75, 3.05) is 20.1 Å². The monoisotopic (exact) mass is 423 g/mol. The topological polar surface area (TPSA) is 83.7 Å². The van der Waals surface area contributed by atoms with Crippen LogP contribution in [0.4, 0.5) is 0 Å². The predicted octanol–water partition coefficient (Wildman–Crippen LogP) is 3.12. The van der Waals surface area contributed by atoms with Gasteiger partial charge in [0.05, 0.1) is 16.0 Å². The summed E-state index contributed by atoms with van der Waals surface area (Å²) in [5, 5.41) is 3.69. The van der Waals surface area contributed by atoms with E-state index < -0.39 is 10.0 Å². The zero-order chi connectivity index (χ0) is 19.9. The normalized spacial score (nSPS) is 21.3. The van der Waals surface area contributed by atoms with E-state index in [1.54, 1.807) is 26.1 Å². The molecule has 1 amide bonds. The van der Waals surface area contributed by atoms with Crippen molar-refractivity contribution in [2.24, 2.45) is 5.92 Å². The third-order valence-electron chi connectivity index (χ3n) is 5.76. The summed E-state index contributed by atoms with van der Waals surface area (Å²) in [5.41, 5.74) is 0. The molecule has 28 heavy (non-hydrogen) atoms. The van der Waals surface area contributed by atoms with E-state index >= 15 is 0 Å². The number of hydrogen-bond acceptors (Lipinski definition) is 6. The molecule has 3 heterocycles. The minimum absolute atomic E-state index is 0.0422. The van der Waals surface area contributed by atoms with Gasteiger partial charge in [-0.15, -0.1) is 11.3 Å². The largest absolute Gasteiger partial charge is 0.355 e. The first-order chi connectivity index (χ1) is 13.4. The number of nitrogens with zero attached hydrogens (tertiary/aromatic N) is 3. The van der Waals surface area contributed by atoms with E-state index in [4.69, 9.17) is 4.52 Å². The van der Waals surface area contributed by atoms with E-state index in [9.17, 15) is 13.2 Å². The molecule has 7 nitrogen and oxygen atoms in total. The summed E-state index contributed by atoms with van der Waals surface area (Å²) in [4.78, 5) is 16.1. The second-order valence-corrected chi connectivity index (χ2v) is 11.0. The van der Waals surface area contributed by atoms with Gasteiger partial charge in [0.1, 0.15) is 0 Å². The van der Waals surface area contributed by atoms with Crippen molar-refractivity contribution in [3.8, 4) is 10.6 Å². The van der Waals surface area contributed by atoms with Crippen molar-refractivity contribution in [1.82, 2.24) is 14.4 Å². The van der Waals surface area contributed by atoms with Crippen molar-refractivity contribution in [3.63, 3.8) is 0 Å². The number of amides is 1. The quantitative estimate of drug-likeness (QED) is 0.713. The smallest absolute Gasteiger partial charge is 0.243 e. The van der Waals surface area contributed by atoms with Crippen LogP contribution in [0.5, 0.6) is 0 Å². The number of carbonyl (C=O) groups is 1. The second kappa shape index (κ2) is 7.61. The van der Waals surface area contributed by atoms with Crippen LogP contribution < -0.4 is 0 Å². The molecule has 1 saturated carbocycles. The van der Waals surface area contributed by atoms with E-state index in [2.05, 4.69) is 5.16 Å². The first-order valence-corrected chi connectivity index (χ1v) is 11.9. The van der Waals surface area contributed by atoms with Crippen LogP contribution in [0.25, 0.3) is 10.6 Å². The summed E-state index contributed by atoms with van der Waals surface area (Å²) in [7, 11) is -2.03. The zero-order valence-corrected chi connectivity index (χ0v) is 17.8. The highest BCUT2D eigenvalue weighted by molar-refractivity contribution is 7.89. The molecule has 2 aliphatic rings. The highest BCUT2D eigenvalue weighted by Crippen LogP contribution is 2.35. The van der Waals surface area contributed by atoms with E-state index in [1.165, 1.54) is 34.7 Å². The van der Waals surface area contributed by atoms with Crippen LogP contribution in [0.15, 0.2) is 27.7 Å². The fourth-order valence-electron chi connectivity index (χ4n) is 4.32. The first kappa shape index (κ1) is 19.6. The van der Waals surface area contributed by atoms with E-state index in [0.29, 0.717) is 41.1 Å².